The van der Waals surface area contributed by atoms with Crippen LogP contribution in [0.5, 0.6) is 0 Å². The molecule has 1 fully saturated rings. The lowest BCUT2D eigenvalue weighted by molar-refractivity contribution is 0.0947. The number of hydrogen-bond donors (Lipinski definition) is 1. The molecule has 0 bridgehead atoms. The summed E-state index contributed by atoms with van der Waals surface area (Å²) in [6, 6.07) is 7.59. The minimum Gasteiger partial charge on any atom is -0.351 e. The van der Waals surface area contributed by atoms with Gasteiger partial charge in [0, 0.05) is 22.6 Å². The molecule has 17 heavy (non-hydrogen) atoms. The van der Waals surface area contributed by atoms with Gasteiger partial charge in [0.15, 0.2) is 7.98 Å². The summed E-state index contributed by atoms with van der Waals surface area (Å²) >= 11 is 3.34. The van der Waals surface area contributed by atoms with Crippen LogP contribution in [0.2, 0.25) is 0 Å². The van der Waals surface area contributed by atoms with Gasteiger partial charge in [-0.1, -0.05) is 15.9 Å². The number of carbonyl (C=O) groups is 1. The van der Waals surface area contributed by atoms with Crippen LogP contribution in [-0.4, -0.2) is 37.8 Å². The Labute approximate surface area is 111 Å². The summed E-state index contributed by atoms with van der Waals surface area (Å²) in [5.41, 5.74) is 0.676. The van der Waals surface area contributed by atoms with Gasteiger partial charge in [-0.3, -0.25) is 4.79 Å². The molecule has 2 radical (unpaired) electrons. The van der Waals surface area contributed by atoms with E-state index in [9.17, 15) is 4.79 Å². The van der Waals surface area contributed by atoms with Gasteiger partial charge in [0.05, 0.1) is 0 Å². The summed E-state index contributed by atoms with van der Waals surface area (Å²) < 4.78 is 0.970. The summed E-state index contributed by atoms with van der Waals surface area (Å²) in [6.07, 6.45) is 2.16. The molecule has 0 aliphatic carbocycles. The van der Waals surface area contributed by atoms with Crippen LogP contribution in [0.4, 0.5) is 0 Å². The zero-order valence-corrected chi connectivity index (χ0v) is 11.1. The fourth-order valence-corrected chi connectivity index (χ4v) is 2.26. The van der Waals surface area contributed by atoms with Crippen LogP contribution in [0.1, 0.15) is 23.2 Å². The minimum absolute atomic E-state index is 0.0437. The number of halogens is 1. The van der Waals surface area contributed by atoms with Gasteiger partial charge in [-0.2, -0.15) is 0 Å². The smallest absolute Gasteiger partial charge is 0.251 e. The average molecular weight is 293 g/mol. The average Bonchev–Trinajstić information content (AvgIpc) is 2.73. The lowest BCUT2D eigenvalue weighted by Gasteiger charge is -2.20. The van der Waals surface area contributed by atoms with E-state index in [1.807, 2.05) is 16.9 Å². The first kappa shape index (κ1) is 12.6. The summed E-state index contributed by atoms with van der Waals surface area (Å²) in [6.45, 7) is 1.53. The van der Waals surface area contributed by atoms with Crippen molar-refractivity contribution in [1.82, 2.24) is 10.1 Å². The second-order valence-electron chi connectivity index (χ2n) is 4.25. The Kier molecular flexibility index (Phi) is 4.23. The highest BCUT2D eigenvalue weighted by Crippen LogP contribution is 2.14. The van der Waals surface area contributed by atoms with Crippen LogP contribution in [0.15, 0.2) is 28.7 Å². The number of nitrogens with zero attached hydrogens (tertiary/aromatic N) is 1. The van der Waals surface area contributed by atoms with E-state index in [-0.39, 0.29) is 11.9 Å². The van der Waals surface area contributed by atoms with E-state index >= 15 is 0 Å². The molecule has 5 heteroatoms. The van der Waals surface area contributed by atoms with Crippen LogP contribution in [0.3, 0.4) is 0 Å². The van der Waals surface area contributed by atoms with Crippen molar-refractivity contribution in [2.45, 2.75) is 18.9 Å². The molecule has 1 aliphatic rings. The molecule has 1 saturated heterocycles. The molecule has 1 aliphatic heterocycles. The van der Waals surface area contributed by atoms with Gasteiger partial charge in [-0.15, -0.1) is 0 Å². The molecule has 1 heterocycles. The molecule has 2 rings (SSSR count). The SMILES string of the molecule is [B]N1CCC[C@H]1CNC(=O)c1ccc(Br)cc1. The molecular formula is C12H14BBrN2O. The zero-order chi connectivity index (χ0) is 12.3. The van der Waals surface area contributed by atoms with Gasteiger partial charge in [0.25, 0.3) is 5.91 Å². The van der Waals surface area contributed by atoms with Crippen molar-refractivity contribution < 1.29 is 4.79 Å². The molecule has 1 aromatic rings. The van der Waals surface area contributed by atoms with E-state index in [1.165, 1.54) is 0 Å². The van der Waals surface area contributed by atoms with Crippen molar-refractivity contribution in [3.63, 3.8) is 0 Å². The lowest BCUT2D eigenvalue weighted by Crippen LogP contribution is -2.38. The van der Waals surface area contributed by atoms with E-state index in [0.717, 1.165) is 23.9 Å². The van der Waals surface area contributed by atoms with Crippen molar-refractivity contribution in [2.24, 2.45) is 0 Å². The van der Waals surface area contributed by atoms with Gasteiger partial charge >= 0.3 is 0 Å². The maximum atomic E-state index is 11.8. The summed E-state index contributed by atoms with van der Waals surface area (Å²) in [7, 11) is 5.80. The molecule has 88 valence electrons. The Hall–Kier alpha value is -0.805. The number of benzene rings is 1. The highest BCUT2D eigenvalue weighted by molar-refractivity contribution is 9.10. The first-order chi connectivity index (χ1) is 8.16. The quantitative estimate of drug-likeness (QED) is 0.861. The van der Waals surface area contributed by atoms with Crippen LogP contribution in [0, 0.1) is 0 Å². The van der Waals surface area contributed by atoms with Crippen LogP contribution in [0.25, 0.3) is 0 Å². The number of carbonyl (C=O) groups excluding carboxylic acids is 1. The maximum Gasteiger partial charge on any atom is 0.251 e. The first-order valence-corrected chi connectivity index (χ1v) is 6.51. The minimum atomic E-state index is -0.0437. The number of amides is 1. The molecule has 1 atom stereocenters. The second kappa shape index (κ2) is 5.69. The van der Waals surface area contributed by atoms with Crippen LogP contribution in [-0.2, 0) is 0 Å². The topological polar surface area (TPSA) is 32.3 Å². The van der Waals surface area contributed by atoms with Crippen molar-refractivity contribution in [3.8, 4) is 0 Å². The molecule has 1 amide bonds. The standard InChI is InChI=1S/C12H14BBrN2O/c13-16-7-1-2-11(16)8-15-12(17)9-3-5-10(14)6-4-9/h3-6,11H,1-2,7-8H2,(H,15,17)/t11-/m0/s1. The molecule has 3 nitrogen and oxygen atoms in total. The van der Waals surface area contributed by atoms with Gasteiger partial charge in [-0.05, 0) is 43.7 Å². The van der Waals surface area contributed by atoms with E-state index in [2.05, 4.69) is 21.2 Å². The third kappa shape index (κ3) is 3.33. The van der Waals surface area contributed by atoms with Crippen molar-refractivity contribution in [2.75, 3.05) is 13.1 Å². The number of rotatable bonds is 3. The number of hydrogen-bond acceptors (Lipinski definition) is 2. The molecule has 0 unspecified atom stereocenters. The van der Waals surface area contributed by atoms with Gasteiger partial charge < -0.3 is 10.1 Å². The fraction of sp³-hybridized carbons (Fsp3) is 0.417. The first-order valence-electron chi connectivity index (χ1n) is 5.72. The molecule has 0 saturated carbocycles. The largest absolute Gasteiger partial charge is 0.351 e. The van der Waals surface area contributed by atoms with Gasteiger partial charge in [0.1, 0.15) is 0 Å². The van der Waals surface area contributed by atoms with Crippen molar-refractivity contribution in [3.05, 3.63) is 34.3 Å². The van der Waals surface area contributed by atoms with E-state index < -0.39 is 0 Å². The Balaban J connectivity index is 1.87. The Morgan fingerprint density at radius 1 is 1.47 bits per heavy atom. The summed E-state index contributed by atoms with van der Waals surface area (Å²) in [5, 5.41) is 2.91. The maximum absolute atomic E-state index is 11.8. The highest BCUT2D eigenvalue weighted by atomic mass is 79.9. The van der Waals surface area contributed by atoms with E-state index in [1.54, 1.807) is 12.1 Å². The zero-order valence-electron chi connectivity index (χ0n) is 9.53. The van der Waals surface area contributed by atoms with Gasteiger partial charge in [-0.25, -0.2) is 0 Å². The van der Waals surface area contributed by atoms with E-state index in [4.69, 9.17) is 7.98 Å². The number of nitrogens with one attached hydrogen (secondary N) is 1. The third-order valence-corrected chi connectivity index (χ3v) is 3.56. The van der Waals surface area contributed by atoms with Crippen LogP contribution < -0.4 is 5.32 Å². The van der Waals surface area contributed by atoms with Gasteiger partial charge in [0.2, 0.25) is 0 Å². The molecule has 1 aromatic carbocycles. The molecule has 0 spiro atoms. The lowest BCUT2D eigenvalue weighted by atomic mass is 10.1. The molecular weight excluding hydrogens is 279 g/mol. The normalized spacial score (nSPS) is 20.4. The monoisotopic (exact) mass is 292 g/mol. The third-order valence-electron chi connectivity index (χ3n) is 3.03. The Bertz CT molecular complexity index is 396. The Morgan fingerprint density at radius 2 is 2.18 bits per heavy atom. The van der Waals surface area contributed by atoms with E-state index in [0.29, 0.717) is 12.1 Å². The van der Waals surface area contributed by atoms with Crippen molar-refractivity contribution in [1.29, 1.82) is 0 Å². The predicted molar refractivity (Wildman–Crippen MR) is 72.0 cm³/mol. The van der Waals surface area contributed by atoms with Crippen molar-refractivity contribution >= 4 is 29.8 Å². The summed E-state index contributed by atoms with van der Waals surface area (Å²) in [4.78, 5) is 13.6. The molecule has 1 N–H and O–H groups in total. The summed E-state index contributed by atoms with van der Waals surface area (Å²) in [5.74, 6) is -0.0437. The predicted octanol–water partition coefficient (Wildman–Crippen LogP) is 1.73. The Morgan fingerprint density at radius 3 is 2.76 bits per heavy atom. The van der Waals surface area contributed by atoms with Crippen LogP contribution >= 0.6 is 15.9 Å². The highest BCUT2D eigenvalue weighted by Gasteiger charge is 2.20. The fourth-order valence-electron chi connectivity index (χ4n) is 1.99. The second-order valence-corrected chi connectivity index (χ2v) is 5.17. The molecule has 0 aromatic heterocycles.